The van der Waals surface area contributed by atoms with Crippen molar-refractivity contribution in [1.82, 2.24) is 0 Å². The van der Waals surface area contributed by atoms with Gasteiger partial charge in [0.15, 0.2) is 0 Å². The molecule has 0 saturated carbocycles. The number of para-hydroxylation sites is 2. The third-order valence-corrected chi connectivity index (χ3v) is 14.6. The predicted molar refractivity (Wildman–Crippen MR) is 274 cm³/mol. The van der Waals surface area contributed by atoms with Gasteiger partial charge in [-0.3, -0.25) is 0 Å². The van der Waals surface area contributed by atoms with E-state index < -0.39 is 5.41 Å². The maximum atomic E-state index is 6.45. The summed E-state index contributed by atoms with van der Waals surface area (Å²) in [6, 6.07) is 86.8. The lowest BCUT2D eigenvalue weighted by atomic mass is 9.55. The molecule has 1 heterocycles. The zero-order chi connectivity index (χ0) is 44.0. The fourth-order valence-corrected chi connectivity index (χ4v) is 11.5. The number of benzene rings is 10. The average Bonchev–Trinajstić information content (AvgIpc) is 3.91. The van der Waals surface area contributed by atoms with Crippen LogP contribution in [0.3, 0.4) is 0 Å². The topological polar surface area (TPSA) is 16.4 Å². The van der Waals surface area contributed by atoms with Crippen molar-refractivity contribution in [3.05, 3.63) is 270 Å². The molecule has 10 aromatic carbocycles. The number of anilines is 3. The van der Waals surface area contributed by atoms with E-state index in [1.54, 1.807) is 0 Å². The maximum absolute atomic E-state index is 6.45. The first-order chi connectivity index (χ1) is 32.5. The monoisotopic (exact) mass is 843 g/mol. The molecule has 0 atom stereocenters. The number of nitrogens with zero attached hydrogens (tertiary/aromatic N) is 1. The zero-order valence-electron chi connectivity index (χ0n) is 36.9. The Hall–Kier alpha value is -8.20. The van der Waals surface area contributed by atoms with Crippen LogP contribution in [0.2, 0.25) is 0 Å². The Labute approximate surface area is 385 Å². The van der Waals surface area contributed by atoms with E-state index in [4.69, 9.17) is 4.42 Å². The molecule has 2 aliphatic rings. The van der Waals surface area contributed by atoms with Crippen molar-refractivity contribution in [2.45, 2.75) is 24.7 Å². The van der Waals surface area contributed by atoms with Crippen LogP contribution in [0.1, 0.15) is 47.2 Å². The minimum absolute atomic E-state index is 0.139. The normalized spacial score (nSPS) is 13.8. The molecule has 312 valence electrons. The lowest BCUT2D eigenvalue weighted by Crippen LogP contribution is -2.40. The average molecular weight is 844 g/mol. The van der Waals surface area contributed by atoms with Crippen molar-refractivity contribution >= 4 is 39.0 Å². The Balaban J connectivity index is 0.920. The van der Waals surface area contributed by atoms with Crippen molar-refractivity contribution in [3.8, 4) is 44.5 Å². The van der Waals surface area contributed by atoms with Gasteiger partial charge in [0, 0.05) is 38.8 Å². The first-order valence-electron chi connectivity index (χ1n) is 23.0. The lowest BCUT2D eigenvalue weighted by Gasteiger charge is -2.46. The van der Waals surface area contributed by atoms with Crippen LogP contribution in [0.25, 0.3) is 66.4 Å². The van der Waals surface area contributed by atoms with Gasteiger partial charge in [0.05, 0.1) is 5.41 Å². The Kier molecular flexibility index (Phi) is 8.51. The van der Waals surface area contributed by atoms with E-state index in [1.165, 1.54) is 66.8 Å². The van der Waals surface area contributed by atoms with Gasteiger partial charge in [0.1, 0.15) is 11.2 Å². The van der Waals surface area contributed by atoms with Gasteiger partial charge < -0.3 is 9.32 Å². The van der Waals surface area contributed by atoms with E-state index in [0.29, 0.717) is 0 Å². The van der Waals surface area contributed by atoms with E-state index in [1.807, 2.05) is 12.1 Å². The molecule has 1 spiro atoms. The lowest BCUT2D eigenvalue weighted by molar-refractivity contribution is 0.563. The summed E-state index contributed by atoms with van der Waals surface area (Å²) in [6.45, 7) is 4.77. The summed E-state index contributed by atoms with van der Waals surface area (Å²) in [4.78, 5) is 2.36. The number of furan rings is 1. The fourth-order valence-electron chi connectivity index (χ4n) is 11.5. The van der Waals surface area contributed by atoms with Crippen LogP contribution < -0.4 is 4.90 Å². The quantitative estimate of drug-likeness (QED) is 0.166. The molecule has 0 aliphatic heterocycles. The number of hydrogen-bond acceptors (Lipinski definition) is 2. The minimum Gasteiger partial charge on any atom is -0.455 e. The molecule has 2 aliphatic carbocycles. The van der Waals surface area contributed by atoms with Gasteiger partial charge in [-0.25, -0.2) is 0 Å². The molecule has 0 bridgehead atoms. The molecule has 0 amide bonds. The third kappa shape index (κ3) is 5.61. The van der Waals surface area contributed by atoms with Gasteiger partial charge in [-0.2, -0.15) is 0 Å². The van der Waals surface area contributed by atoms with Crippen LogP contribution in [0.4, 0.5) is 17.1 Å². The molecule has 0 radical (unpaired) electrons. The predicted octanol–water partition coefficient (Wildman–Crippen LogP) is 17.1. The summed E-state index contributed by atoms with van der Waals surface area (Å²) in [7, 11) is 0. The molecule has 1 aromatic heterocycles. The summed E-state index contributed by atoms with van der Waals surface area (Å²) >= 11 is 0. The molecule has 13 rings (SSSR count). The summed E-state index contributed by atoms with van der Waals surface area (Å²) in [5.74, 6) is 0. The molecule has 2 heteroatoms. The summed E-state index contributed by atoms with van der Waals surface area (Å²) in [5.41, 5.74) is 22.3. The Bertz CT molecular complexity index is 3600. The molecule has 0 saturated heterocycles. The van der Waals surface area contributed by atoms with Crippen molar-refractivity contribution in [1.29, 1.82) is 0 Å². The molecular formula is C64H45NO. The Morgan fingerprint density at radius 2 is 0.773 bits per heavy atom. The second-order valence-electron chi connectivity index (χ2n) is 18.4. The highest BCUT2D eigenvalue weighted by molar-refractivity contribution is 6.09. The van der Waals surface area contributed by atoms with Gasteiger partial charge in [-0.15, -0.1) is 0 Å². The van der Waals surface area contributed by atoms with E-state index >= 15 is 0 Å². The number of fused-ring (bicyclic) bond motifs is 12. The van der Waals surface area contributed by atoms with E-state index in [9.17, 15) is 0 Å². The van der Waals surface area contributed by atoms with Crippen molar-refractivity contribution in [2.75, 3.05) is 4.90 Å². The molecule has 0 N–H and O–H groups in total. The van der Waals surface area contributed by atoms with Crippen LogP contribution in [-0.4, -0.2) is 0 Å². The maximum Gasteiger partial charge on any atom is 0.143 e. The van der Waals surface area contributed by atoms with E-state index in [0.717, 1.165) is 50.1 Å². The van der Waals surface area contributed by atoms with Crippen LogP contribution >= 0.6 is 0 Å². The number of rotatable bonds is 6. The molecule has 2 nitrogen and oxygen atoms in total. The molecule has 66 heavy (non-hydrogen) atoms. The first-order valence-corrected chi connectivity index (χ1v) is 23.0. The summed E-state index contributed by atoms with van der Waals surface area (Å²) in [6.07, 6.45) is 0. The van der Waals surface area contributed by atoms with Gasteiger partial charge in [-0.1, -0.05) is 202 Å². The first kappa shape index (κ1) is 38.3. The highest BCUT2D eigenvalue weighted by Gasteiger charge is 2.53. The second-order valence-corrected chi connectivity index (χ2v) is 18.4. The molecular weight excluding hydrogens is 799 g/mol. The van der Waals surface area contributed by atoms with Crippen LogP contribution in [-0.2, 0) is 10.8 Å². The molecule has 0 unspecified atom stereocenters. The Morgan fingerprint density at radius 1 is 0.318 bits per heavy atom. The van der Waals surface area contributed by atoms with Crippen molar-refractivity contribution in [2.24, 2.45) is 0 Å². The summed E-state index contributed by atoms with van der Waals surface area (Å²) < 4.78 is 6.45. The van der Waals surface area contributed by atoms with Crippen LogP contribution in [0.15, 0.2) is 241 Å². The molecule has 11 aromatic rings. The number of hydrogen-bond donors (Lipinski definition) is 0. The smallest absolute Gasteiger partial charge is 0.143 e. The van der Waals surface area contributed by atoms with Crippen LogP contribution in [0, 0.1) is 0 Å². The standard InChI is InChI=1S/C64H45NO/c1-63(2)56-22-9-11-24-58(56)64(59-25-12-10-23-57(59)63)55-21-8-6-17-51(55)52-40-33-46(41-60(52)64)44-29-36-48(37-30-44)65(47-34-27-43(28-35-47)42-15-4-3-5-16-42)49-38-31-45(32-39-49)50-19-14-20-54-53-18-7-13-26-61(53)66-62(50)54/h3-41H,1-2H3. The minimum atomic E-state index is -0.435. The Morgan fingerprint density at radius 3 is 1.42 bits per heavy atom. The highest BCUT2D eigenvalue weighted by atomic mass is 16.3. The third-order valence-electron chi connectivity index (χ3n) is 14.6. The van der Waals surface area contributed by atoms with E-state index in [2.05, 4.69) is 243 Å². The largest absolute Gasteiger partial charge is 0.455 e. The van der Waals surface area contributed by atoms with Gasteiger partial charge in [0.25, 0.3) is 0 Å². The van der Waals surface area contributed by atoms with Gasteiger partial charge in [-0.05, 0) is 121 Å². The van der Waals surface area contributed by atoms with E-state index in [-0.39, 0.29) is 5.41 Å². The van der Waals surface area contributed by atoms with Crippen molar-refractivity contribution in [3.63, 3.8) is 0 Å². The summed E-state index contributed by atoms with van der Waals surface area (Å²) in [5, 5.41) is 2.27. The van der Waals surface area contributed by atoms with Gasteiger partial charge >= 0.3 is 0 Å². The van der Waals surface area contributed by atoms with Gasteiger partial charge in [0.2, 0.25) is 0 Å². The zero-order valence-corrected chi connectivity index (χ0v) is 36.9. The highest BCUT2D eigenvalue weighted by Crippen LogP contribution is 2.62. The molecule has 0 fully saturated rings. The van der Waals surface area contributed by atoms with Crippen LogP contribution in [0.5, 0.6) is 0 Å². The SMILES string of the molecule is CC1(C)c2ccccc2C2(c3ccccc3-c3ccc(-c4ccc(N(c5ccc(-c6ccccc6)cc5)c5ccc(-c6cccc7c6oc6ccccc67)cc5)cc4)cc32)c2ccccc21. The fraction of sp³-hybridized carbons (Fsp3) is 0.0625. The van der Waals surface area contributed by atoms with Crippen molar-refractivity contribution < 1.29 is 4.42 Å². The second kappa shape index (κ2) is 14.7.